The Balaban J connectivity index is 2.26. The summed E-state index contributed by atoms with van der Waals surface area (Å²) in [5.74, 6) is 0. The van der Waals surface area contributed by atoms with Crippen LogP contribution in [0.3, 0.4) is 0 Å². The van der Waals surface area contributed by atoms with Gasteiger partial charge in [-0.05, 0) is 19.4 Å². The SMILES string of the molecule is CC1(C)OC[C@H](C(O)c2ccccc2)N1C(=O)O. The van der Waals surface area contributed by atoms with Gasteiger partial charge in [-0.1, -0.05) is 30.3 Å². The van der Waals surface area contributed by atoms with Crippen LogP contribution < -0.4 is 0 Å². The van der Waals surface area contributed by atoms with Gasteiger partial charge in [0.2, 0.25) is 0 Å². The molecule has 0 radical (unpaired) electrons. The molecular weight excluding hydrogens is 234 g/mol. The third-order valence-electron chi connectivity index (χ3n) is 3.23. The number of amides is 1. The second kappa shape index (κ2) is 4.59. The highest BCUT2D eigenvalue weighted by Crippen LogP contribution is 2.33. The molecule has 0 bridgehead atoms. The second-order valence-corrected chi connectivity index (χ2v) is 4.83. The van der Waals surface area contributed by atoms with Crippen molar-refractivity contribution >= 4 is 6.09 Å². The fraction of sp³-hybridized carbons (Fsp3) is 0.462. The van der Waals surface area contributed by atoms with Crippen molar-refractivity contribution in [1.82, 2.24) is 4.90 Å². The summed E-state index contributed by atoms with van der Waals surface area (Å²) in [6.45, 7) is 3.55. The predicted octanol–water partition coefficient (Wildman–Crippen LogP) is 1.83. The quantitative estimate of drug-likeness (QED) is 0.841. The molecule has 98 valence electrons. The molecule has 1 saturated heterocycles. The van der Waals surface area contributed by atoms with Gasteiger partial charge in [0.15, 0.2) is 0 Å². The van der Waals surface area contributed by atoms with E-state index in [2.05, 4.69) is 0 Å². The monoisotopic (exact) mass is 251 g/mol. The van der Waals surface area contributed by atoms with Crippen molar-refractivity contribution in [2.24, 2.45) is 0 Å². The summed E-state index contributed by atoms with van der Waals surface area (Å²) in [5, 5.41) is 19.5. The maximum absolute atomic E-state index is 11.3. The van der Waals surface area contributed by atoms with Gasteiger partial charge >= 0.3 is 6.09 Å². The topological polar surface area (TPSA) is 70.0 Å². The lowest BCUT2D eigenvalue weighted by Crippen LogP contribution is -2.49. The van der Waals surface area contributed by atoms with Gasteiger partial charge in [-0.15, -0.1) is 0 Å². The third-order valence-corrected chi connectivity index (χ3v) is 3.23. The Kier molecular flexibility index (Phi) is 3.28. The second-order valence-electron chi connectivity index (χ2n) is 4.83. The van der Waals surface area contributed by atoms with Crippen molar-refractivity contribution in [3.8, 4) is 0 Å². The number of hydrogen-bond donors (Lipinski definition) is 2. The van der Waals surface area contributed by atoms with E-state index in [0.29, 0.717) is 5.56 Å². The average molecular weight is 251 g/mol. The largest absolute Gasteiger partial charge is 0.465 e. The molecule has 0 saturated carbocycles. The highest BCUT2D eigenvalue weighted by molar-refractivity contribution is 5.67. The Morgan fingerprint density at radius 3 is 2.61 bits per heavy atom. The van der Waals surface area contributed by atoms with Crippen LogP contribution in [0.25, 0.3) is 0 Å². The molecule has 0 aromatic heterocycles. The molecule has 2 rings (SSSR count). The molecule has 1 aromatic carbocycles. The van der Waals surface area contributed by atoms with Crippen LogP contribution in [0, 0.1) is 0 Å². The summed E-state index contributed by atoms with van der Waals surface area (Å²) < 4.78 is 5.45. The first-order valence-corrected chi connectivity index (χ1v) is 5.83. The van der Waals surface area contributed by atoms with E-state index in [4.69, 9.17) is 4.74 Å². The molecule has 1 aliphatic heterocycles. The minimum absolute atomic E-state index is 0.190. The zero-order valence-electron chi connectivity index (χ0n) is 10.4. The van der Waals surface area contributed by atoms with Crippen LogP contribution in [0.4, 0.5) is 4.79 Å². The molecular formula is C13H17NO4. The Hall–Kier alpha value is -1.59. The number of hydrogen-bond acceptors (Lipinski definition) is 3. The van der Waals surface area contributed by atoms with E-state index < -0.39 is 24.0 Å². The number of carbonyl (C=O) groups is 1. The highest BCUT2D eigenvalue weighted by atomic mass is 16.5. The summed E-state index contributed by atoms with van der Waals surface area (Å²) in [4.78, 5) is 12.5. The summed E-state index contributed by atoms with van der Waals surface area (Å²) in [5.41, 5.74) is -0.221. The molecule has 2 N–H and O–H groups in total. The van der Waals surface area contributed by atoms with Gasteiger partial charge < -0.3 is 14.9 Å². The molecule has 1 aliphatic rings. The number of carboxylic acid groups (broad SMARTS) is 1. The molecule has 1 heterocycles. The van der Waals surface area contributed by atoms with Crippen molar-refractivity contribution in [2.75, 3.05) is 6.61 Å². The number of aliphatic hydroxyl groups is 1. The lowest BCUT2D eigenvalue weighted by atomic mass is 10.0. The number of nitrogens with zero attached hydrogens (tertiary/aromatic N) is 1. The molecule has 1 unspecified atom stereocenters. The van der Waals surface area contributed by atoms with E-state index in [1.165, 1.54) is 4.90 Å². The number of benzene rings is 1. The summed E-state index contributed by atoms with van der Waals surface area (Å²) in [6.07, 6.45) is -1.97. The van der Waals surface area contributed by atoms with Gasteiger partial charge in [-0.2, -0.15) is 0 Å². The van der Waals surface area contributed by atoms with Crippen molar-refractivity contribution in [1.29, 1.82) is 0 Å². The Labute approximate surface area is 106 Å². The van der Waals surface area contributed by atoms with Crippen LogP contribution >= 0.6 is 0 Å². The third kappa shape index (κ3) is 2.19. The smallest absolute Gasteiger partial charge is 0.410 e. The number of ether oxygens (including phenoxy) is 1. The first-order valence-electron chi connectivity index (χ1n) is 5.83. The van der Waals surface area contributed by atoms with Gasteiger partial charge in [-0.3, -0.25) is 4.90 Å². The van der Waals surface area contributed by atoms with E-state index >= 15 is 0 Å². The first kappa shape index (κ1) is 12.9. The van der Waals surface area contributed by atoms with Crippen LogP contribution in [-0.4, -0.2) is 39.6 Å². The molecule has 2 atom stereocenters. The van der Waals surface area contributed by atoms with Crippen molar-refractivity contribution in [3.05, 3.63) is 35.9 Å². The Morgan fingerprint density at radius 2 is 2.06 bits per heavy atom. The van der Waals surface area contributed by atoms with Gasteiger partial charge in [0.25, 0.3) is 0 Å². The van der Waals surface area contributed by atoms with E-state index in [0.717, 1.165) is 0 Å². The van der Waals surface area contributed by atoms with E-state index in [1.807, 2.05) is 18.2 Å². The number of aliphatic hydroxyl groups excluding tert-OH is 1. The van der Waals surface area contributed by atoms with Crippen LogP contribution in [0.1, 0.15) is 25.5 Å². The molecule has 5 heteroatoms. The average Bonchev–Trinajstić information content (AvgIpc) is 2.65. The lowest BCUT2D eigenvalue weighted by molar-refractivity contribution is -0.0466. The summed E-state index contributed by atoms with van der Waals surface area (Å²) in [6, 6.07) is 8.43. The van der Waals surface area contributed by atoms with Gasteiger partial charge in [0, 0.05) is 0 Å². The Bertz CT molecular complexity index is 432. The van der Waals surface area contributed by atoms with Gasteiger partial charge in [-0.25, -0.2) is 4.79 Å². The zero-order chi connectivity index (χ0) is 13.3. The molecule has 0 aliphatic carbocycles. The predicted molar refractivity (Wildman–Crippen MR) is 65.1 cm³/mol. The maximum atomic E-state index is 11.3. The molecule has 1 fully saturated rings. The van der Waals surface area contributed by atoms with Crippen LogP contribution in [-0.2, 0) is 4.74 Å². The fourth-order valence-electron chi connectivity index (χ4n) is 2.31. The Morgan fingerprint density at radius 1 is 1.44 bits per heavy atom. The van der Waals surface area contributed by atoms with Gasteiger partial charge in [0.05, 0.1) is 12.6 Å². The fourth-order valence-corrected chi connectivity index (χ4v) is 2.31. The molecule has 18 heavy (non-hydrogen) atoms. The van der Waals surface area contributed by atoms with Crippen LogP contribution in [0.5, 0.6) is 0 Å². The highest BCUT2D eigenvalue weighted by Gasteiger charge is 2.47. The van der Waals surface area contributed by atoms with Gasteiger partial charge in [0.1, 0.15) is 11.8 Å². The van der Waals surface area contributed by atoms with E-state index in [9.17, 15) is 15.0 Å². The standard InChI is InChI=1S/C13H17NO4/c1-13(2)14(12(16)17)10(8-18-13)11(15)9-6-4-3-5-7-9/h3-7,10-11,15H,8H2,1-2H3,(H,16,17)/t10-,11?/m1/s1. The zero-order valence-corrected chi connectivity index (χ0v) is 10.4. The van der Waals surface area contributed by atoms with Crippen molar-refractivity contribution < 1.29 is 19.7 Å². The molecule has 1 aromatic rings. The van der Waals surface area contributed by atoms with E-state index in [-0.39, 0.29) is 6.61 Å². The van der Waals surface area contributed by atoms with Crippen molar-refractivity contribution in [2.45, 2.75) is 31.7 Å². The summed E-state index contributed by atoms with van der Waals surface area (Å²) >= 11 is 0. The number of rotatable bonds is 2. The molecule has 0 spiro atoms. The first-order chi connectivity index (χ1) is 8.43. The molecule has 5 nitrogen and oxygen atoms in total. The van der Waals surface area contributed by atoms with Crippen LogP contribution in [0.2, 0.25) is 0 Å². The van der Waals surface area contributed by atoms with Crippen LogP contribution in [0.15, 0.2) is 30.3 Å². The normalized spacial score (nSPS) is 23.9. The van der Waals surface area contributed by atoms with E-state index in [1.54, 1.807) is 26.0 Å². The minimum atomic E-state index is -1.09. The molecule has 1 amide bonds. The minimum Gasteiger partial charge on any atom is -0.465 e. The maximum Gasteiger partial charge on any atom is 0.410 e. The van der Waals surface area contributed by atoms with Crippen molar-refractivity contribution in [3.63, 3.8) is 0 Å². The summed E-state index contributed by atoms with van der Waals surface area (Å²) in [7, 11) is 0. The lowest BCUT2D eigenvalue weighted by Gasteiger charge is -2.32.